The third kappa shape index (κ3) is 5.21. The fraction of sp³-hybridized carbons (Fsp3) is 0.526. The monoisotopic (exact) mass is 361 g/mol. The van der Waals surface area contributed by atoms with E-state index in [-0.39, 0.29) is 30.2 Å². The molecule has 0 unspecified atom stereocenters. The molecule has 0 spiro atoms. The number of carbonyl (C=O) groups excluding carboxylic acids is 3. The number of piperidine rings is 1. The van der Waals surface area contributed by atoms with Crippen LogP contribution in [0.1, 0.15) is 26.7 Å². The average molecular weight is 361 g/mol. The van der Waals surface area contributed by atoms with Crippen molar-refractivity contribution in [3.05, 3.63) is 24.3 Å². The molecule has 0 bridgehead atoms. The second kappa shape index (κ2) is 9.22. The second-order valence-corrected chi connectivity index (χ2v) is 6.39. The highest BCUT2D eigenvalue weighted by Crippen LogP contribution is 2.20. The maximum atomic E-state index is 12.3. The maximum absolute atomic E-state index is 12.3. The van der Waals surface area contributed by atoms with Crippen molar-refractivity contribution in [1.82, 2.24) is 4.90 Å². The van der Waals surface area contributed by atoms with Gasteiger partial charge in [-0.05, 0) is 44.0 Å². The molecule has 0 radical (unpaired) electrons. The van der Waals surface area contributed by atoms with Gasteiger partial charge in [0.2, 0.25) is 11.8 Å². The number of benzene rings is 1. The van der Waals surface area contributed by atoms with E-state index < -0.39 is 0 Å². The van der Waals surface area contributed by atoms with Crippen molar-refractivity contribution in [2.75, 3.05) is 43.5 Å². The van der Waals surface area contributed by atoms with Crippen molar-refractivity contribution in [2.24, 2.45) is 5.92 Å². The van der Waals surface area contributed by atoms with Crippen LogP contribution < -0.4 is 10.2 Å². The van der Waals surface area contributed by atoms with Gasteiger partial charge in [-0.25, -0.2) is 0 Å². The van der Waals surface area contributed by atoms with Crippen molar-refractivity contribution in [3.8, 4) is 0 Å². The molecular weight excluding hydrogens is 334 g/mol. The number of anilines is 2. The number of nitrogens with one attached hydrogen (secondary N) is 1. The molecule has 142 valence electrons. The fourth-order valence-corrected chi connectivity index (χ4v) is 2.90. The summed E-state index contributed by atoms with van der Waals surface area (Å²) in [7, 11) is 1.72. The Labute approximate surface area is 154 Å². The molecule has 0 atom stereocenters. The highest BCUT2D eigenvalue weighted by Gasteiger charge is 2.27. The predicted octanol–water partition coefficient (Wildman–Crippen LogP) is 1.88. The smallest absolute Gasteiger partial charge is 0.309 e. The van der Waals surface area contributed by atoms with Gasteiger partial charge >= 0.3 is 5.97 Å². The lowest BCUT2D eigenvalue weighted by Gasteiger charge is -2.31. The van der Waals surface area contributed by atoms with Gasteiger partial charge in [0.15, 0.2) is 0 Å². The van der Waals surface area contributed by atoms with E-state index in [1.54, 1.807) is 23.8 Å². The molecule has 2 amide bonds. The molecule has 0 aromatic heterocycles. The van der Waals surface area contributed by atoms with Crippen LogP contribution in [0.3, 0.4) is 0 Å². The molecular formula is C19H27N3O4. The number of amides is 2. The summed E-state index contributed by atoms with van der Waals surface area (Å²) >= 11 is 0. The molecule has 26 heavy (non-hydrogen) atoms. The molecule has 2 rings (SSSR count). The van der Waals surface area contributed by atoms with Gasteiger partial charge < -0.3 is 19.9 Å². The molecule has 1 N–H and O–H groups in total. The summed E-state index contributed by atoms with van der Waals surface area (Å²) in [5.41, 5.74) is 1.62. The zero-order chi connectivity index (χ0) is 19.1. The van der Waals surface area contributed by atoms with Gasteiger partial charge in [-0.1, -0.05) is 0 Å². The van der Waals surface area contributed by atoms with Crippen LogP contribution >= 0.6 is 0 Å². The lowest BCUT2D eigenvalue weighted by Crippen LogP contribution is -2.43. The van der Waals surface area contributed by atoms with Crippen molar-refractivity contribution < 1.29 is 19.1 Å². The lowest BCUT2D eigenvalue weighted by atomic mass is 9.97. The SMILES string of the molecule is CCOC(=O)C1CCN(C(=O)CNc2ccc(N(C)C(C)=O)cc2)CC1. The molecule has 7 nitrogen and oxygen atoms in total. The van der Waals surface area contributed by atoms with Crippen molar-refractivity contribution in [2.45, 2.75) is 26.7 Å². The number of esters is 1. The molecule has 1 aliphatic rings. The molecule has 1 aromatic rings. The van der Waals surface area contributed by atoms with E-state index in [2.05, 4.69) is 5.32 Å². The minimum Gasteiger partial charge on any atom is -0.466 e. The largest absolute Gasteiger partial charge is 0.466 e. The van der Waals surface area contributed by atoms with Crippen LogP contribution in [0.2, 0.25) is 0 Å². The topological polar surface area (TPSA) is 79.0 Å². The molecule has 7 heteroatoms. The van der Waals surface area contributed by atoms with Gasteiger partial charge in [-0.15, -0.1) is 0 Å². The third-order valence-corrected chi connectivity index (χ3v) is 4.64. The molecule has 1 saturated heterocycles. The van der Waals surface area contributed by atoms with Gasteiger partial charge in [0, 0.05) is 38.4 Å². The van der Waals surface area contributed by atoms with Crippen LogP contribution in [-0.2, 0) is 19.1 Å². The minimum absolute atomic E-state index is 0.0113. The summed E-state index contributed by atoms with van der Waals surface area (Å²) in [6, 6.07) is 7.35. The van der Waals surface area contributed by atoms with Gasteiger partial charge in [-0.2, -0.15) is 0 Å². The Morgan fingerprint density at radius 1 is 1.19 bits per heavy atom. The highest BCUT2D eigenvalue weighted by atomic mass is 16.5. The zero-order valence-corrected chi connectivity index (χ0v) is 15.7. The van der Waals surface area contributed by atoms with Gasteiger partial charge in [0.1, 0.15) is 0 Å². The number of carbonyl (C=O) groups is 3. The van der Waals surface area contributed by atoms with Gasteiger partial charge in [0.25, 0.3) is 0 Å². The normalized spacial score (nSPS) is 14.7. The van der Waals surface area contributed by atoms with E-state index in [9.17, 15) is 14.4 Å². The number of ether oxygens (including phenoxy) is 1. The highest BCUT2D eigenvalue weighted by molar-refractivity contribution is 5.91. The third-order valence-electron chi connectivity index (χ3n) is 4.64. The molecule has 1 aliphatic heterocycles. The van der Waals surface area contributed by atoms with Crippen molar-refractivity contribution in [1.29, 1.82) is 0 Å². The molecule has 0 aliphatic carbocycles. The van der Waals surface area contributed by atoms with E-state index in [0.717, 1.165) is 11.4 Å². The summed E-state index contributed by atoms with van der Waals surface area (Å²) in [4.78, 5) is 38.8. The number of hydrogen-bond acceptors (Lipinski definition) is 5. The Bertz CT molecular complexity index is 637. The Morgan fingerprint density at radius 3 is 2.35 bits per heavy atom. The average Bonchev–Trinajstić information content (AvgIpc) is 2.66. The van der Waals surface area contributed by atoms with Crippen LogP contribution in [-0.4, -0.2) is 56.0 Å². The van der Waals surface area contributed by atoms with Crippen LogP contribution in [0.15, 0.2) is 24.3 Å². The summed E-state index contributed by atoms with van der Waals surface area (Å²) in [6.45, 7) is 5.05. The van der Waals surface area contributed by atoms with Gasteiger partial charge in [-0.3, -0.25) is 14.4 Å². The van der Waals surface area contributed by atoms with Gasteiger partial charge in [0.05, 0.1) is 19.1 Å². The zero-order valence-electron chi connectivity index (χ0n) is 15.7. The molecule has 1 fully saturated rings. The van der Waals surface area contributed by atoms with Crippen LogP contribution in [0, 0.1) is 5.92 Å². The first kappa shape index (κ1) is 19.8. The summed E-state index contributed by atoms with van der Waals surface area (Å²) < 4.78 is 5.04. The number of hydrogen-bond donors (Lipinski definition) is 1. The predicted molar refractivity (Wildman–Crippen MR) is 100.0 cm³/mol. The Hall–Kier alpha value is -2.57. The summed E-state index contributed by atoms with van der Waals surface area (Å²) in [5.74, 6) is -0.282. The van der Waals surface area contributed by atoms with Crippen LogP contribution in [0.25, 0.3) is 0 Å². The van der Waals surface area contributed by atoms with Crippen molar-refractivity contribution >= 4 is 29.2 Å². The van der Waals surface area contributed by atoms with E-state index in [0.29, 0.717) is 32.5 Å². The van der Waals surface area contributed by atoms with E-state index in [1.807, 2.05) is 24.3 Å². The first-order valence-electron chi connectivity index (χ1n) is 8.95. The Morgan fingerprint density at radius 2 is 1.81 bits per heavy atom. The lowest BCUT2D eigenvalue weighted by molar-refractivity contribution is -0.151. The second-order valence-electron chi connectivity index (χ2n) is 6.39. The first-order valence-corrected chi connectivity index (χ1v) is 8.95. The molecule has 0 saturated carbocycles. The fourth-order valence-electron chi connectivity index (χ4n) is 2.90. The standard InChI is InChI=1S/C19H27N3O4/c1-4-26-19(25)15-9-11-22(12-10-15)18(24)13-20-16-5-7-17(8-6-16)21(3)14(2)23/h5-8,15,20H,4,9-13H2,1-3H3. The summed E-state index contributed by atoms with van der Waals surface area (Å²) in [6.07, 6.45) is 1.30. The minimum atomic E-state index is -0.159. The Kier molecular flexibility index (Phi) is 7.00. The Balaban J connectivity index is 1.79. The van der Waals surface area contributed by atoms with E-state index >= 15 is 0 Å². The molecule has 1 heterocycles. The summed E-state index contributed by atoms with van der Waals surface area (Å²) in [5, 5.41) is 3.11. The van der Waals surface area contributed by atoms with E-state index in [4.69, 9.17) is 4.74 Å². The number of nitrogens with zero attached hydrogens (tertiary/aromatic N) is 2. The van der Waals surface area contributed by atoms with Crippen LogP contribution in [0.5, 0.6) is 0 Å². The number of likely N-dealkylation sites (tertiary alicyclic amines) is 1. The first-order chi connectivity index (χ1) is 12.4. The van der Waals surface area contributed by atoms with E-state index in [1.165, 1.54) is 6.92 Å². The molecule has 1 aromatic carbocycles. The number of rotatable bonds is 6. The quantitative estimate of drug-likeness (QED) is 0.783. The van der Waals surface area contributed by atoms with Crippen molar-refractivity contribution in [3.63, 3.8) is 0 Å². The van der Waals surface area contributed by atoms with Crippen LogP contribution in [0.4, 0.5) is 11.4 Å². The maximum Gasteiger partial charge on any atom is 0.309 e.